The van der Waals surface area contributed by atoms with Crippen LogP contribution in [0.1, 0.15) is 32.1 Å². The Hall–Kier alpha value is -2.90. The summed E-state index contributed by atoms with van der Waals surface area (Å²) >= 11 is 0. The number of hydrogen-bond acceptors (Lipinski definition) is 5. The third-order valence-electron chi connectivity index (χ3n) is 4.40. The number of hydrogen-bond donors (Lipinski definition) is 3. The van der Waals surface area contributed by atoms with Gasteiger partial charge in [-0.3, -0.25) is 10.9 Å². The van der Waals surface area contributed by atoms with E-state index in [1.54, 1.807) is 4.52 Å². The summed E-state index contributed by atoms with van der Waals surface area (Å²) in [6.07, 6.45) is 7.23. The Morgan fingerprint density at radius 2 is 1.92 bits per heavy atom. The van der Waals surface area contributed by atoms with Gasteiger partial charge in [0.15, 0.2) is 11.5 Å². The van der Waals surface area contributed by atoms with Gasteiger partial charge in [-0.2, -0.15) is 4.52 Å². The number of urea groups is 1. The average molecular weight is 325 g/mol. The van der Waals surface area contributed by atoms with Crippen molar-refractivity contribution in [2.75, 3.05) is 5.43 Å². The molecule has 8 heteroatoms. The molecule has 8 nitrogen and oxygen atoms in total. The van der Waals surface area contributed by atoms with Crippen molar-refractivity contribution >= 4 is 28.3 Å². The van der Waals surface area contributed by atoms with E-state index in [1.165, 1.54) is 25.6 Å². The molecule has 0 bridgehead atoms. The highest BCUT2D eigenvalue weighted by Crippen LogP contribution is 2.23. The van der Waals surface area contributed by atoms with Gasteiger partial charge in [0.1, 0.15) is 6.33 Å². The zero-order chi connectivity index (χ0) is 16.4. The first-order chi connectivity index (χ1) is 11.8. The third kappa shape index (κ3) is 2.82. The summed E-state index contributed by atoms with van der Waals surface area (Å²) in [5.41, 5.74) is 6.27. The average Bonchev–Trinajstić information content (AvgIpc) is 3.09. The molecular weight excluding hydrogens is 306 g/mol. The highest BCUT2D eigenvalue weighted by molar-refractivity contribution is 6.00. The van der Waals surface area contributed by atoms with Crippen LogP contribution < -0.4 is 16.2 Å². The topological polar surface area (TPSA) is 96.2 Å². The molecule has 0 spiro atoms. The van der Waals surface area contributed by atoms with Gasteiger partial charge in [-0.15, -0.1) is 15.3 Å². The Morgan fingerprint density at radius 1 is 1.12 bits per heavy atom. The molecule has 1 fully saturated rings. The van der Waals surface area contributed by atoms with Crippen LogP contribution >= 0.6 is 0 Å². The second-order valence-electron chi connectivity index (χ2n) is 6.05. The minimum absolute atomic E-state index is 0.239. The van der Waals surface area contributed by atoms with Gasteiger partial charge in [0.25, 0.3) is 0 Å². The van der Waals surface area contributed by atoms with E-state index in [9.17, 15) is 4.79 Å². The largest absolute Gasteiger partial charge is 0.334 e. The predicted molar refractivity (Wildman–Crippen MR) is 90.5 cm³/mol. The zero-order valence-corrected chi connectivity index (χ0v) is 13.2. The lowest BCUT2D eigenvalue weighted by molar-refractivity contribution is 0.234. The number of hydrazine groups is 1. The number of carbonyl (C=O) groups is 1. The Balaban J connectivity index is 1.52. The Labute approximate surface area is 138 Å². The molecule has 3 aromatic rings. The maximum Gasteiger partial charge on any atom is 0.333 e. The number of amides is 2. The number of rotatable bonds is 3. The van der Waals surface area contributed by atoms with Crippen molar-refractivity contribution < 1.29 is 4.79 Å². The van der Waals surface area contributed by atoms with Gasteiger partial charge in [-0.05, 0) is 12.8 Å². The molecule has 1 aliphatic rings. The monoisotopic (exact) mass is 325 g/mol. The van der Waals surface area contributed by atoms with Gasteiger partial charge in [0.2, 0.25) is 0 Å². The van der Waals surface area contributed by atoms with E-state index in [0.717, 1.165) is 23.6 Å². The van der Waals surface area contributed by atoms with E-state index in [2.05, 4.69) is 31.5 Å². The number of aromatic nitrogens is 4. The smallest absolute Gasteiger partial charge is 0.333 e. The molecule has 0 aliphatic heterocycles. The first kappa shape index (κ1) is 14.7. The number of carbonyl (C=O) groups excluding carboxylic acids is 1. The fraction of sp³-hybridized carbons (Fsp3) is 0.375. The Morgan fingerprint density at radius 3 is 2.75 bits per heavy atom. The summed E-state index contributed by atoms with van der Waals surface area (Å²) in [4.78, 5) is 12.1. The van der Waals surface area contributed by atoms with E-state index in [1.807, 2.05) is 24.3 Å². The molecule has 2 heterocycles. The van der Waals surface area contributed by atoms with Gasteiger partial charge < -0.3 is 5.32 Å². The van der Waals surface area contributed by atoms with Crippen molar-refractivity contribution in [3.63, 3.8) is 0 Å². The summed E-state index contributed by atoms with van der Waals surface area (Å²) in [5.74, 6) is 0.552. The minimum atomic E-state index is -0.239. The van der Waals surface area contributed by atoms with Crippen LogP contribution in [0.15, 0.2) is 30.6 Å². The van der Waals surface area contributed by atoms with Crippen LogP contribution in [0.25, 0.3) is 16.4 Å². The van der Waals surface area contributed by atoms with Crippen LogP contribution in [-0.4, -0.2) is 31.9 Å². The molecule has 4 rings (SSSR count). The van der Waals surface area contributed by atoms with Crippen LogP contribution in [0, 0.1) is 0 Å². The van der Waals surface area contributed by atoms with Crippen LogP contribution in [0.3, 0.4) is 0 Å². The molecule has 124 valence electrons. The normalized spacial score (nSPS) is 15.5. The summed E-state index contributed by atoms with van der Waals surface area (Å²) in [6.45, 7) is 0. The molecule has 1 saturated carbocycles. The molecule has 1 aromatic carbocycles. The first-order valence-corrected chi connectivity index (χ1v) is 8.22. The van der Waals surface area contributed by atoms with Gasteiger partial charge in [0, 0.05) is 16.8 Å². The lowest BCUT2D eigenvalue weighted by Crippen LogP contribution is -2.45. The van der Waals surface area contributed by atoms with Crippen LogP contribution in [-0.2, 0) is 0 Å². The fourth-order valence-electron chi connectivity index (χ4n) is 3.20. The molecule has 0 atom stereocenters. The van der Waals surface area contributed by atoms with Crippen LogP contribution in [0.2, 0.25) is 0 Å². The number of benzene rings is 1. The number of nitrogens with one attached hydrogen (secondary N) is 3. The summed E-state index contributed by atoms with van der Waals surface area (Å²) < 4.78 is 1.59. The molecule has 1 aliphatic carbocycles. The summed E-state index contributed by atoms with van der Waals surface area (Å²) in [6, 6.07) is 7.75. The fourth-order valence-corrected chi connectivity index (χ4v) is 3.20. The molecule has 24 heavy (non-hydrogen) atoms. The van der Waals surface area contributed by atoms with Gasteiger partial charge in [-0.1, -0.05) is 43.5 Å². The Bertz CT molecular complexity index is 869. The van der Waals surface area contributed by atoms with Crippen molar-refractivity contribution in [2.24, 2.45) is 0 Å². The first-order valence-electron chi connectivity index (χ1n) is 8.22. The van der Waals surface area contributed by atoms with Gasteiger partial charge in [0.05, 0.1) is 0 Å². The highest BCUT2D eigenvalue weighted by atomic mass is 16.2. The second-order valence-corrected chi connectivity index (χ2v) is 6.05. The zero-order valence-electron chi connectivity index (χ0n) is 13.2. The molecule has 0 saturated heterocycles. The van der Waals surface area contributed by atoms with Crippen LogP contribution in [0.5, 0.6) is 0 Å². The molecule has 3 N–H and O–H groups in total. The standard InChI is InChI=1S/C16H19N7O/c24-16(18-11-6-2-1-3-7-11)21-19-14-12-8-4-5-9-13(12)15-20-17-10-23(15)22-14/h4-5,8-11H,1-3,6-7H2,(H,19,22)(H2,18,21,24). The van der Waals surface area contributed by atoms with E-state index >= 15 is 0 Å². The quantitative estimate of drug-likeness (QED) is 0.642. The lowest BCUT2D eigenvalue weighted by Gasteiger charge is -2.23. The molecule has 0 unspecified atom stereocenters. The van der Waals surface area contributed by atoms with E-state index in [4.69, 9.17) is 0 Å². The SMILES string of the molecule is O=C(NNc1nn2cnnc2c2ccccc12)NC1CCCCC1. The van der Waals surface area contributed by atoms with Crippen molar-refractivity contribution in [1.29, 1.82) is 0 Å². The third-order valence-corrected chi connectivity index (χ3v) is 4.40. The maximum atomic E-state index is 12.1. The Kier molecular flexibility index (Phi) is 3.86. The highest BCUT2D eigenvalue weighted by Gasteiger charge is 2.16. The maximum absolute atomic E-state index is 12.1. The number of fused-ring (bicyclic) bond motifs is 3. The van der Waals surface area contributed by atoms with Gasteiger partial charge >= 0.3 is 6.03 Å². The molecular formula is C16H19N7O. The van der Waals surface area contributed by atoms with E-state index in [-0.39, 0.29) is 12.1 Å². The van der Waals surface area contributed by atoms with Crippen LogP contribution in [0.4, 0.5) is 10.6 Å². The van der Waals surface area contributed by atoms with Gasteiger partial charge in [-0.25, -0.2) is 4.79 Å². The number of nitrogens with zero attached hydrogens (tertiary/aromatic N) is 4. The second kappa shape index (κ2) is 6.31. The van der Waals surface area contributed by atoms with Crippen molar-refractivity contribution in [3.05, 3.63) is 30.6 Å². The van der Waals surface area contributed by atoms with Crippen molar-refractivity contribution in [3.8, 4) is 0 Å². The predicted octanol–water partition coefficient (Wildman–Crippen LogP) is 2.24. The van der Waals surface area contributed by atoms with Crippen molar-refractivity contribution in [1.82, 2.24) is 30.6 Å². The molecule has 0 radical (unpaired) electrons. The summed E-state index contributed by atoms with van der Waals surface area (Å²) in [5, 5.41) is 17.2. The molecule has 2 amide bonds. The number of anilines is 1. The van der Waals surface area contributed by atoms with E-state index < -0.39 is 0 Å². The molecule has 2 aromatic heterocycles. The lowest BCUT2D eigenvalue weighted by atomic mass is 9.96. The minimum Gasteiger partial charge on any atom is -0.334 e. The summed E-state index contributed by atoms with van der Waals surface area (Å²) in [7, 11) is 0. The van der Waals surface area contributed by atoms with Crippen molar-refractivity contribution in [2.45, 2.75) is 38.1 Å². The van der Waals surface area contributed by atoms with E-state index in [0.29, 0.717) is 11.5 Å².